The van der Waals surface area contributed by atoms with Gasteiger partial charge in [-0.25, -0.2) is 0 Å². The summed E-state index contributed by atoms with van der Waals surface area (Å²) in [7, 11) is 0. The number of hydrogen-bond donors (Lipinski definition) is 1. The van der Waals surface area contributed by atoms with Gasteiger partial charge in [-0.2, -0.15) is 12.6 Å². The molecule has 0 aromatic heterocycles. The second kappa shape index (κ2) is 13.3. The summed E-state index contributed by atoms with van der Waals surface area (Å²) in [6, 6.07) is 0. The van der Waals surface area contributed by atoms with Crippen LogP contribution in [0.4, 0.5) is 0 Å². The van der Waals surface area contributed by atoms with E-state index in [0.29, 0.717) is 5.25 Å². The predicted octanol–water partition coefficient (Wildman–Crippen LogP) is 6.89. The molecule has 116 valence electrons. The average molecular weight is 287 g/mol. The maximum Gasteiger partial charge on any atom is 0.00450 e. The lowest BCUT2D eigenvalue weighted by molar-refractivity contribution is 0.326. The molecule has 19 heavy (non-hydrogen) atoms. The zero-order chi connectivity index (χ0) is 14.5. The third-order valence-electron chi connectivity index (χ3n) is 4.31. The average Bonchev–Trinajstić information content (AvgIpc) is 2.40. The molecule has 0 aromatic rings. The van der Waals surface area contributed by atoms with E-state index in [1.807, 2.05) is 0 Å². The van der Waals surface area contributed by atoms with Gasteiger partial charge in [-0.15, -0.1) is 0 Å². The maximum atomic E-state index is 4.90. The van der Waals surface area contributed by atoms with Crippen LogP contribution in [0.5, 0.6) is 0 Å². The molecular weight excluding hydrogens is 248 g/mol. The van der Waals surface area contributed by atoms with Crippen LogP contribution in [0.1, 0.15) is 98.3 Å². The van der Waals surface area contributed by atoms with E-state index in [0.717, 1.165) is 11.8 Å². The Morgan fingerprint density at radius 1 is 0.737 bits per heavy atom. The van der Waals surface area contributed by atoms with Crippen molar-refractivity contribution in [3.05, 3.63) is 0 Å². The highest BCUT2D eigenvalue weighted by Gasteiger charge is 2.19. The Balaban J connectivity index is 4.08. The first kappa shape index (κ1) is 19.4. The van der Waals surface area contributed by atoms with Crippen molar-refractivity contribution in [3.8, 4) is 0 Å². The molecule has 0 nitrogen and oxygen atoms in total. The quantitative estimate of drug-likeness (QED) is 0.276. The van der Waals surface area contributed by atoms with Crippen LogP contribution >= 0.6 is 12.6 Å². The van der Waals surface area contributed by atoms with E-state index in [1.54, 1.807) is 0 Å². The normalized spacial score (nSPS) is 16.3. The highest BCUT2D eigenvalue weighted by molar-refractivity contribution is 7.81. The van der Waals surface area contributed by atoms with Gasteiger partial charge in [0.2, 0.25) is 0 Å². The fourth-order valence-electron chi connectivity index (χ4n) is 3.02. The maximum absolute atomic E-state index is 4.90. The van der Waals surface area contributed by atoms with Gasteiger partial charge in [-0.3, -0.25) is 0 Å². The minimum atomic E-state index is 0.635. The lowest BCUT2D eigenvalue weighted by Crippen LogP contribution is -2.18. The van der Waals surface area contributed by atoms with Crippen LogP contribution in [0.15, 0.2) is 0 Å². The molecule has 0 spiro atoms. The molecule has 0 radical (unpaired) electrons. The largest absolute Gasteiger partial charge is 0.176 e. The standard InChI is InChI=1S/C18H38S/c1-5-8-10-11-14-17(18(19)12-7-3)15-16(4)13-9-6-2/h16-19H,5-15H2,1-4H3. The van der Waals surface area contributed by atoms with E-state index in [2.05, 4.69) is 27.7 Å². The monoisotopic (exact) mass is 286 g/mol. The first-order valence-corrected chi connectivity index (χ1v) is 9.35. The van der Waals surface area contributed by atoms with E-state index in [-0.39, 0.29) is 0 Å². The summed E-state index contributed by atoms with van der Waals surface area (Å²) in [6.07, 6.45) is 15.1. The Morgan fingerprint density at radius 2 is 1.42 bits per heavy atom. The number of rotatable bonds is 13. The summed E-state index contributed by atoms with van der Waals surface area (Å²) < 4.78 is 0. The molecule has 0 saturated heterocycles. The third kappa shape index (κ3) is 10.8. The molecule has 0 bridgehead atoms. The van der Waals surface area contributed by atoms with Crippen LogP contribution in [-0.2, 0) is 0 Å². The van der Waals surface area contributed by atoms with Gasteiger partial charge in [0.15, 0.2) is 0 Å². The highest BCUT2D eigenvalue weighted by Crippen LogP contribution is 2.30. The molecule has 0 saturated carbocycles. The second-order valence-electron chi connectivity index (χ2n) is 6.45. The molecule has 0 N–H and O–H groups in total. The Bertz CT molecular complexity index is 179. The number of unbranched alkanes of at least 4 members (excludes halogenated alkanes) is 4. The van der Waals surface area contributed by atoms with Crippen LogP contribution in [-0.4, -0.2) is 5.25 Å². The number of hydrogen-bond acceptors (Lipinski definition) is 1. The van der Waals surface area contributed by atoms with Crippen LogP contribution < -0.4 is 0 Å². The molecule has 0 rings (SSSR count). The van der Waals surface area contributed by atoms with Gasteiger partial charge in [0.1, 0.15) is 0 Å². The van der Waals surface area contributed by atoms with Crippen LogP contribution in [0.2, 0.25) is 0 Å². The Kier molecular flexibility index (Phi) is 13.6. The van der Waals surface area contributed by atoms with Crippen molar-refractivity contribution in [1.82, 2.24) is 0 Å². The van der Waals surface area contributed by atoms with E-state index in [1.165, 1.54) is 70.6 Å². The predicted molar refractivity (Wildman–Crippen MR) is 93.2 cm³/mol. The summed E-state index contributed by atoms with van der Waals surface area (Å²) >= 11 is 4.90. The Morgan fingerprint density at radius 3 is 2.00 bits per heavy atom. The van der Waals surface area contributed by atoms with Crippen LogP contribution in [0, 0.1) is 11.8 Å². The summed E-state index contributed by atoms with van der Waals surface area (Å²) in [6.45, 7) is 9.33. The molecule has 3 unspecified atom stereocenters. The van der Waals surface area contributed by atoms with Crippen LogP contribution in [0.3, 0.4) is 0 Å². The van der Waals surface area contributed by atoms with E-state index in [9.17, 15) is 0 Å². The smallest absolute Gasteiger partial charge is 0.00450 e. The van der Waals surface area contributed by atoms with Gasteiger partial charge in [-0.1, -0.05) is 79.1 Å². The molecule has 0 aliphatic rings. The van der Waals surface area contributed by atoms with Crippen molar-refractivity contribution < 1.29 is 0 Å². The van der Waals surface area contributed by atoms with E-state index < -0.39 is 0 Å². The van der Waals surface area contributed by atoms with Crippen molar-refractivity contribution in [1.29, 1.82) is 0 Å². The third-order valence-corrected chi connectivity index (χ3v) is 4.99. The van der Waals surface area contributed by atoms with Crippen molar-refractivity contribution in [2.24, 2.45) is 11.8 Å². The van der Waals surface area contributed by atoms with Gasteiger partial charge in [-0.05, 0) is 31.1 Å². The summed E-state index contributed by atoms with van der Waals surface area (Å²) in [5.74, 6) is 1.75. The fraction of sp³-hybridized carbons (Fsp3) is 1.00. The SMILES string of the molecule is CCCCCCC(CC(C)CCCC)C(S)CCC. The molecule has 0 aliphatic heterocycles. The molecular formula is C18H38S. The minimum Gasteiger partial charge on any atom is -0.176 e. The first-order chi connectivity index (χ1) is 9.15. The number of thiol groups is 1. The van der Waals surface area contributed by atoms with Gasteiger partial charge in [0.25, 0.3) is 0 Å². The second-order valence-corrected chi connectivity index (χ2v) is 7.11. The Hall–Kier alpha value is 0.350. The molecule has 0 aliphatic carbocycles. The van der Waals surface area contributed by atoms with E-state index in [4.69, 9.17) is 12.6 Å². The van der Waals surface area contributed by atoms with Crippen LogP contribution in [0.25, 0.3) is 0 Å². The lowest BCUT2D eigenvalue weighted by Gasteiger charge is -2.26. The van der Waals surface area contributed by atoms with Gasteiger partial charge >= 0.3 is 0 Å². The summed E-state index contributed by atoms with van der Waals surface area (Å²) in [4.78, 5) is 0. The molecule has 3 atom stereocenters. The summed E-state index contributed by atoms with van der Waals surface area (Å²) in [5.41, 5.74) is 0. The Labute approximate surface area is 128 Å². The van der Waals surface area contributed by atoms with Crippen molar-refractivity contribution in [3.63, 3.8) is 0 Å². The van der Waals surface area contributed by atoms with Crippen molar-refractivity contribution in [2.75, 3.05) is 0 Å². The fourth-order valence-corrected chi connectivity index (χ4v) is 3.55. The highest BCUT2D eigenvalue weighted by atomic mass is 32.1. The molecule has 0 amide bonds. The minimum absolute atomic E-state index is 0.635. The molecule has 0 aromatic carbocycles. The molecule has 1 heteroatoms. The van der Waals surface area contributed by atoms with E-state index >= 15 is 0 Å². The first-order valence-electron chi connectivity index (χ1n) is 8.83. The van der Waals surface area contributed by atoms with Crippen molar-refractivity contribution in [2.45, 2.75) is 104 Å². The molecule has 0 fully saturated rings. The summed E-state index contributed by atoms with van der Waals surface area (Å²) in [5, 5.41) is 0.635. The van der Waals surface area contributed by atoms with Gasteiger partial charge in [0, 0.05) is 5.25 Å². The lowest BCUT2D eigenvalue weighted by atomic mass is 9.85. The zero-order valence-corrected chi connectivity index (χ0v) is 14.9. The van der Waals surface area contributed by atoms with Gasteiger partial charge in [0.05, 0.1) is 0 Å². The topological polar surface area (TPSA) is 0 Å². The molecule has 0 heterocycles. The van der Waals surface area contributed by atoms with Gasteiger partial charge < -0.3 is 0 Å². The zero-order valence-electron chi connectivity index (χ0n) is 14.0. The van der Waals surface area contributed by atoms with Crippen molar-refractivity contribution >= 4 is 12.6 Å².